The first-order valence-corrected chi connectivity index (χ1v) is 10.2. The Morgan fingerprint density at radius 2 is 1.69 bits per heavy atom. The number of carbonyl (C=O) groups is 1. The number of rotatable bonds is 4. The van der Waals surface area contributed by atoms with Gasteiger partial charge in [-0.1, -0.05) is 30.3 Å². The van der Waals surface area contributed by atoms with Gasteiger partial charge < -0.3 is 10.2 Å². The summed E-state index contributed by atoms with van der Waals surface area (Å²) >= 11 is 0. The summed E-state index contributed by atoms with van der Waals surface area (Å²) < 4.78 is 20.3. The van der Waals surface area contributed by atoms with Crippen molar-refractivity contribution in [3.05, 3.63) is 89.0 Å². The van der Waals surface area contributed by atoms with E-state index in [0.29, 0.717) is 31.7 Å². The van der Waals surface area contributed by atoms with Crippen molar-refractivity contribution in [2.75, 3.05) is 12.0 Å². The highest BCUT2D eigenvalue weighted by Gasteiger charge is 2.26. The normalized spacial score (nSPS) is 15.3. The molecular weight excluding hydrogens is 433 g/mol. The van der Waals surface area contributed by atoms with Crippen molar-refractivity contribution in [2.24, 2.45) is 0 Å². The fourth-order valence-electron chi connectivity index (χ4n) is 4.02. The van der Waals surface area contributed by atoms with Gasteiger partial charge in [-0.15, -0.1) is 12.4 Å². The molecule has 0 saturated heterocycles. The minimum atomic E-state index is -0.692. The first-order chi connectivity index (χ1) is 15.2. The number of hydrogen-bond acceptors (Lipinski definition) is 6. The zero-order chi connectivity index (χ0) is 21.2. The van der Waals surface area contributed by atoms with Crippen LogP contribution in [0.4, 0.5) is 14.9 Å². The van der Waals surface area contributed by atoms with Crippen LogP contribution in [-0.2, 0) is 26.1 Å². The lowest BCUT2D eigenvalue weighted by molar-refractivity contribution is 0.134. The Balaban J connectivity index is 0.00000245. The summed E-state index contributed by atoms with van der Waals surface area (Å²) in [6.07, 6.45) is 3.53. The molecule has 1 amide bonds. The van der Waals surface area contributed by atoms with Gasteiger partial charge in [0.1, 0.15) is 0 Å². The average molecular weight is 456 g/mol. The summed E-state index contributed by atoms with van der Waals surface area (Å²) in [6, 6.07) is 15.1. The lowest BCUT2D eigenvalue weighted by Gasteiger charge is -2.28. The molecule has 0 radical (unpaired) electrons. The van der Waals surface area contributed by atoms with Gasteiger partial charge in [-0.3, -0.25) is 10.4 Å². The third kappa shape index (κ3) is 4.67. The predicted molar refractivity (Wildman–Crippen MR) is 120 cm³/mol. The molecule has 0 aliphatic carbocycles. The lowest BCUT2D eigenvalue weighted by Crippen LogP contribution is -2.46. The van der Waals surface area contributed by atoms with E-state index in [4.69, 9.17) is 4.74 Å². The number of aromatic nitrogens is 1. The SMILES string of the molecule is Cl.O=C(NN1CCc2ccccc2C1)Oc1ccc2c(c1F)CN(Nc1ccncc1)C2. The predicted octanol–water partition coefficient (Wildman–Crippen LogP) is 4.05. The van der Waals surface area contributed by atoms with Crippen molar-refractivity contribution < 1.29 is 13.9 Å². The van der Waals surface area contributed by atoms with Crippen LogP contribution in [0.15, 0.2) is 60.9 Å². The number of carbonyl (C=O) groups excluding carboxylic acids is 1. The number of ether oxygens (including phenoxy) is 1. The third-order valence-electron chi connectivity index (χ3n) is 5.57. The van der Waals surface area contributed by atoms with Crippen LogP contribution in [-0.4, -0.2) is 27.6 Å². The number of nitrogens with zero attached hydrogens (tertiary/aromatic N) is 3. The smallest absolute Gasteiger partial charge is 0.406 e. The van der Waals surface area contributed by atoms with Crippen LogP contribution >= 0.6 is 12.4 Å². The second-order valence-electron chi connectivity index (χ2n) is 7.66. The van der Waals surface area contributed by atoms with E-state index in [-0.39, 0.29) is 18.2 Å². The molecule has 0 unspecified atom stereocenters. The van der Waals surface area contributed by atoms with Crippen molar-refractivity contribution in [2.45, 2.75) is 26.1 Å². The molecule has 3 heterocycles. The van der Waals surface area contributed by atoms with Crippen molar-refractivity contribution in [1.29, 1.82) is 0 Å². The summed E-state index contributed by atoms with van der Waals surface area (Å²) in [7, 11) is 0. The van der Waals surface area contributed by atoms with Gasteiger partial charge in [0, 0.05) is 44.1 Å². The maximum Gasteiger partial charge on any atom is 0.427 e. The van der Waals surface area contributed by atoms with E-state index in [0.717, 1.165) is 17.7 Å². The third-order valence-corrected chi connectivity index (χ3v) is 5.57. The van der Waals surface area contributed by atoms with Crippen molar-refractivity contribution >= 4 is 24.2 Å². The fourth-order valence-corrected chi connectivity index (χ4v) is 4.02. The van der Waals surface area contributed by atoms with E-state index in [1.165, 1.54) is 17.2 Å². The average Bonchev–Trinajstić information content (AvgIpc) is 3.20. The summed E-state index contributed by atoms with van der Waals surface area (Å²) in [6.45, 7) is 2.18. The molecule has 2 aliphatic heterocycles. The van der Waals surface area contributed by atoms with Crippen molar-refractivity contribution in [3.63, 3.8) is 0 Å². The van der Waals surface area contributed by atoms with Crippen LogP contribution in [0.1, 0.15) is 22.3 Å². The number of halogens is 2. The molecule has 9 heteroatoms. The second-order valence-corrected chi connectivity index (χ2v) is 7.66. The summed E-state index contributed by atoms with van der Waals surface area (Å²) in [5, 5.41) is 3.69. The molecule has 0 saturated carbocycles. The Labute approximate surface area is 191 Å². The molecule has 0 atom stereocenters. The van der Waals surface area contributed by atoms with E-state index < -0.39 is 11.9 Å². The van der Waals surface area contributed by atoms with Crippen molar-refractivity contribution in [1.82, 2.24) is 20.4 Å². The standard InChI is InChI=1S/C23H22FN5O2.ClH/c24-22-20-15-29(26-19-7-10-25-11-8-19)14-18(20)5-6-21(22)31-23(30)27-28-12-9-16-3-1-2-4-17(16)13-28;/h1-8,10-11H,9,12-15H2,(H,25,26)(H,27,30);1H. The molecule has 5 rings (SSSR count). The Kier molecular flexibility index (Phi) is 6.55. The Morgan fingerprint density at radius 3 is 2.50 bits per heavy atom. The maximum atomic E-state index is 15.0. The first kappa shape index (κ1) is 22.0. The first-order valence-electron chi connectivity index (χ1n) is 10.2. The summed E-state index contributed by atoms with van der Waals surface area (Å²) in [5.41, 5.74) is 10.7. The summed E-state index contributed by atoms with van der Waals surface area (Å²) in [4.78, 5) is 16.4. The molecule has 166 valence electrons. The molecule has 32 heavy (non-hydrogen) atoms. The topological polar surface area (TPSA) is 69.7 Å². The highest BCUT2D eigenvalue weighted by molar-refractivity contribution is 5.85. The van der Waals surface area contributed by atoms with E-state index in [2.05, 4.69) is 21.9 Å². The lowest BCUT2D eigenvalue weighted by atomic mass is 10.0. The van der Waals surface area contributed by atoms with E-state index in [9.17, 15) is 4.79 Å². The molecule has 2 aliphatic rings. The number of nitrogens with one attached hydrogen (secondary N) is 2. The van der Waals surface area contributed by atoms with E-state index in [1.807, 2.05) is 35.3 Å². The number of benzene rings is 2. The number of amides is 1. The number of hydrogen-bond donors (Lipinski definition) is 2. The van der Waals surface area contributed by atoms with Gasteiger partial charge in [0.05, 0.1) is 5.69 Å². The molecule has 2 N–H and O–H groups in total. The zero-order valence-corrected chi connectivity index (χ0v) is 18.1. The van der Waals surface area contributed by atoms with Crippen LogP contribution in [0, 0.1) is 5.82 Å². The highest BCUT2D eigenvalue weighted by Crippen LogP contribution is 2.31. The summed E-state index contributed by atoms with van der Waals surface area (Å²) in [5.74, 6) is -0.574. The zero-order valence-electron chi connectivity index (χ0n) is 17.3. The van der Waals surface area contributed by atoms with Gasteiger partial charge in [0.15, 0.2) is 11.6 Å². The quantitative estimate of drug-likeness (QED) is 0.618. The van der Waals surface area contributed by atoms with Crippen LogP contribution in [0.2, 0.25) is 0 Å². The minimum Gasteiger partial charge on any atom is -0.406 e. The van der Waals surface area contributed by atoms with Crippen LogP contribution in [0.3, 0.4) is 0 Å². The molecule has 0 bridgehead atoms. The molecule has 2 aromatic carbocycles. The number of fused-ring (bicyclic) bond motifs is 2. The molecule has 0 fully saturated rings. The van der Waals surface area contributed by atoms with Gasteiger partial charge in [0.2, 0.25) is 0 Å². The van der Waals surface area contributed by atoms with Gasteiger partial charge in [-0.05, 0) is 41.3 Å². The van der Waals surface area contributed by atoms with Crippen LogP contribution < -0.4 is 15.6 Å². The van der Waals surface area contributed by atoms with Gasteiger partial charge in [-0.25, -0.2) is 19.2 Å². The molecule has 1 aromatic heterocycles. The minimum absolute atomic E-state index is 0. The maximum absolute atomic E-state index is 15.0. The van der Waals surface area contributed by atoms with Crippen molar-refractivity contribution in [3.8, 4) is 5.75 Å². The Hall–Kier alpha value is -3.20. The largest absolute Gasteiger partial charge is 0.427 e. The van der Waals surface area contributed by atoms with Crippen LogP contribution in [0.25, 0.3) is 0 Å². The highest BCUT2D eigenvalue weighted by atomic mass is 35.5. The van der Waals surface area contributed by atoms with Gasteiger partial charge >= 0.3 is 6.09 Å². The van der Waals surface area contributed by atoms with Gasteiger partial charge in [-0.2, -0.15) is 0 Å². The fraction of sp³-hybridized carbons (Fsp3) is 0.217. The molecule has 7 nitrogen and oxygen atoms in total. The molecular formula is C23H23ClFN5O2. The van der Waals surface area contributed by atoms with E-state index in [1.54, 1.807) is 23.5 Å². The number of hydrazine groups is 2. The second kappa shape index (κ2) is 9.52. The monoisotopic (exact) mass is 455 g/mol. The van der Waals surface area contributed by atoms with Gasteiger partial charge in [0.25, 0.3) is 0 Å². The molecule has 0 spiro atoms. The van der Waals surface area contributed by atoms with E-state index >= 15 is 4.39 Å². The Morgan fingerprint density at radius 1 is 0.938 bits per heavy atom. The number of anilines is 1. The van der Waals surface area contributed by atoms with Crippen LogP contribution in [0.5, 0.6) is 5.75 Å². The number of pyridine rings is 1. The molecule has 3 aromatic rings. The Bertz CT molecular complexity index is 1110.